The van der Waals surface area contributed by atoms with Crippen molar-refractivity contribution in [2.24, 2.45) is 14.1 Å². The Morgan fingerprint density at radius 1 is 1.12 bits per heavy atom. The van der Waals surface area contributed by atoms with Crippen LogP contribution in [0.5, 0.6) is 0 Å². The molecule has 0 unspecified atom stereocenters. The first-order valence-electron chi connectivity index (χ1n) is 10.2. The predicted molar refractivity (Wildman–Crippen MR) is 106 cm³/mol. The fourth-order valence-electron chi connectivity index (χ4n) is 5.37. The van der Waals surface area contributed by atoms with Crippen LogP contribution in [0, 0.1) is 0 Å². The van der Waals surface area contributed by atoms with Crippen molar-refractivity contribution in [3.63, 3.8) is 0 Å². The van der Waals surface area contributed by atoms with E-state index >= 15 is 0 Å². The summed E-state index contributed by atoms with van der Waals surface area (Å²) in [6, 6.07) is 7.15. The Morgan fingerprint density at radius 2 is 1.85 bits per heavy atom. The Balaban J connectivity index is 1.63. The highest BCUT2D eigenvalue weighted by atomic mass is 16.1. The molecule has 1 saturated carbocycles. The number of nitrogens with zero attached hydrogens (tertiary/aromatic N) is 3. The van der Waals surface area contributed by atoms with Crippen molar-refractivity contribution in [3.8, 4) is 0 Å². The Bertz CT molecular complexity index is 844. The maximum absolute atomic E-state index is 12.2. The Morgan fingerprint density at radius 3 is 2.58 bits per heavy atom. The molecule has 0 amide bonds. The number of nitrogens with one attached hydrogen (secondary N) is 1. The molecule has 1 aromatic heterocycles. The zero-order chi connectivity index (χ0) is 18.3. The monoisotopic (exact) mass is 356 g/mol. The van der Waals surface area contributed by atoms with E-state index in [1.165, 1.54) is 44.1 Å². The summed E-state index contributed by atoms with van der Waals surface area (Å²) in [6.45, 7) is 5.38. The van der Waals surface area contributed by atoms with Gasteiger partial charge >= 0.3 is 5.69 Å². The van der Waals surface area contributed by atoms with Crippen molar-refractivity contribution in [2.75, 3.05) is 13.1 Å². The third-order valence-electron chi connectivity index (χ3n) is 6.72. The Hall–Kier alpha value is -1.59. The van der Waals surface area contributed by atoms with Crippen LogP contribution in [0.15, 0.2) is 23.0 Å². The number of hydrogen-bond donors (Lipinski definition) is 1. The van der Waals surface area contributed by atoms with Crippen LogP contribution in [0.2, 0.25) is 0 Å². The van der Waals surface area contributed by atoms with E-state index < -0.39 is 0 Å². The molecule has 4 rings (SSSR count). The van der Waals surface area contributed by atoms with Gasteiger partial charge in [-0.3, -0.25) is 14.0 Å². The second-order valence-corrected chi connectivity index (χ2v) is 8.35. The van der Waals surface area contributed by atoms with Crippen LogP contribution < -0.4 is 11.0 Å². The lowest BCUT2D eigenvalue weighted by molar-refractivity contribution is 0.0859. The number of aryl methyl sites for hydroxylation is 2. The van der Waals surface area contributed by atoms with Crippen molar-refractivity contribution >= 4 is 11.0 Å². The first-order valence-corrected chi connectivity index (χ1v) is 10.2. The quantitative estimate of drug-likeness (QED) is 0.916. The van der Waals surface area contributed by atoms with Crippen molar-refractivity contribution < 1.29 is 0 Å². The van der Waals surface area contributed by atoms with E-state index in [0.29, 0.717) is 11.6 Å². The third-order valence-corrected chi connectivity index (χ3v) is 6.72. The molecule has 0 radical (unpaired) electrons. The molecule has 1 saturated heterocycles. The first kappa shape index (κ1) is 17.8. The average molecular weight is 357 g/mol. The van der Waals surface area contributed by atoms with Gasteiger partial charge in [-0.15, -0.1) is 0 Å². The molecule has 2 aliphatic rings. The van der Waals surface area contributed by atoms with Gasteiger partial charge in [0.1, 0.15) is 0 Å². The fourth-order valence-corrected chi connectivity index (χ4v) is 5.37. The topological polar surface area (TPSA) is 42.2 Å². The number of benzene rings is 1. The maximum atomic E-state index is 12.2. The Labute approximate surface area is 156 Å². The minimum Gasteiger partial charge on any atom is -0.313 e. The molecule has 26 heavy (non-hydrogen) atoms. The number of fused-ring (bicyclic) bond motifs is 1. The van der Waals surface area contributed by atoms with Crippen molar-refractivity contribution in [2.45, 2.75) is 63.6 Å². The highest BCUT2D eigenvalue weighted by Crippen LogP contribution is 2.42. The van der Waals surface area contributed by atoms with Gasteiger partial charge in [-0.05, 0) is 43.5 Å². The van der Waals surface area contributed by atoms with Crippen LogP contribution in [0.4, 0.5) is 0 Å². The third kappa shape index (κ3) is 2.91. The largest absolute Gasteiger partial charge is 0.328 e. The normalized spacial score (nSPS) is 23.3. The van der Waals surface area contributed by atoms with Gasteiger partial charge in [0.25, 0.3) is 0 Å². The molecule has 142 valence electrons. The minimum absolute atomic E-state index is 0.0503. The van der Waals surface area contributed by atoms with Crippen molar-refractivity contribution in [3.05, 3.63) is 34.2 Å². The highest BCUT2D eigenvalue weighted by molar-refractivity contribution is 5.76. The number of likely N-dealkylation sites (N-methyl/N-ethyl adjacent to an activating group) is 1. The molecule has 5 nitrogen and oxygen atoms in total. The molecule has 2 fully saturated rings. The molecule has 2 aromatic rings. The van der Waals surface area contributed by atoms with Gasteiger partial charge in [0.05, 0.1) is 11.0 Å². The maximum Gasteiger partial charge on any atom is 0.328 e. The number of likely N-dealkylation sites (tertiary alicyclic amines) is 1. The molecule has 1 N–H and O–H groups in total. The Kier molecular flexibility index (Phi) is 4.70. The van der Waals surface area contributed by atoms with E-state index in [9.17, 15) is 4.79 Å². The van der Waals surface area contributed by atoms with E-state index in [4.69, 9.17) is 0 Å². The van der Waals surface area contributed by atoms with Gasteiger partial charge in [0.2, 0.25) is 0 Å². The van der Waals surface area contributed by atoms with Crippen molar-refractivity contribution in [1.29, 1.82) is 0 Å². The number of aromatic nitrogens is 2. The molecule has 2 heterocycles. The number of rotatable bonds is 4. The molecule has 1 atom stereocenters. The lowest BCUT2D eigenvalue weighted by Crippen LogP contribution is -2.44. The summed E-state index contributed by atoms with van der Waals surface area (Å²) in [5, 5.41) is 3.69. The predicted octanol–water partition coefficient (Wildman–Crippen LogP) is 2.76. The van der Waals surface area contributed by atoms with E-state index in [1.54, 1.807) is 9.13 Å². The number of imidazole rings is 1. The van der Waals surface area contributed by atoms with Gasteiger partial charge in [0.15, 0.2) is 0 Å². The number of hydrogen-bond acceptors (Lipinski definition) is 3. The first-order chi connectivity index (χ1) is 12.5. The molecule has 5 heteroatoms. The van der Waals surface area contributed by atoms with Crippen LogP contribution in [0.1, 0.15) is 51.0 Å². The zero-order valence-corrected chi connectivity index (χ0v) is 16.4. The standard InChI is InChI=1S/C21H32N4O/c1-4-22-17-13-21(10-6-5-7-11-21)25(15-17)14-16-8-9-18-19(12-16)24(3)20(26)23(18)2/h8-9,12,17,22H,4-7,10-11,13-15H2,1-3H3/t17-/m0/s1. The highest BCUT2D eigenvalue weighted by Gasteiger charge is 2.45. The second kappa shape index (κ2) is 6.86. The molecule has 1 aromatic carbocycles. The van der Waals surface area contributed by atoms with E-state index in [1.807, 2.05) is 14.1 Å². The van der Waals surface area contributed by atoms with Crippen LogP contribution in [-0.4, -0.2) is 38.7 Å². The molecule has 1 aliphatic heterocycles. The van der Waals surface area contributed by atoms with Crippen LogP contribution in [0.3, 0.4) is 0 Å². The molecule has 1 spiro atoms. The summed E-state index contributed by atoms with van der Waals surface area (Å²) in [7, 11) is 3.72. The van der Waals surface area contributed by atoms with E-state index in [2.05, 4.69) is 35.3 Å². The van der Waals surface area contributed by atoms with Gasteiger partial charge in [-0.25, -0.2) is 4.79 Å². The van der Waals surface area contributed by atoms with Crippen LogP contribution in [-0.2, 0) is 20.6 Å². The summed E-state index contributed by atoms with van der Waals surface area (Å²) in [5.41, 5.74) is 3.80. The van der Waals surface area contributed by atoms with Crippen LogP contribution in [0.25, 0.3) is 11.0 Å². The zero-order valence-electron chi connectivity index (χ0n) is 16.4. The molecular formula is C21H32N4O. The van der Waals surface area contributed by atoms with Gasteiger partial charge in [-0.1, -0.05) is 32.3 Å². The SMILES string of the molecule is CCN[C@@H]1CN(Cc2ccc3c(c2)n(C)c(=O)n3C)C2(CCCCC2)C1. The summed E-state index contributed by atoms with van der Waals surface area (Å²) in [4.78, 5) is 14.9. The van der Waals surface area contributed by atoms with Crippen molar-refractivity contribution in [1.82, 2.24) is 19.4 Å². The lowest BCUT2D eigenvalue weighted by Gasteiger charge is -2.41. The molecule has 0 bridgehead atoms. The lowest BCUT2D eigenvalue weighted by atomic mass is 9.79. The summed E-state index contributed by atoms with van der Waals surface area (Å²) in [5.74, 6) is 0. The summed E-state index contributed by atoms with van der Waals surface area (Å²) < 4.78 is 3.50. The van der Waals surface area contributed by atoms with E-state index in [0.717, 1.165) is 30.7 Å². The average Bonchev–Trinajstić information content (AvgIpc) is 3.06. The van der Waals surface area contributed by atoms with Crippen LogP contribution >= 0.6 is 0 Å². The van der Waals surface area contributed by atoms with Gasteiger partial charge in [0, 0.05) is 38.8 Å². The molecular weight excluding hydrogens is 324 g/mol. The fraction of sp³-hybridized carbons (Fsp3) is 0.667. The van der Waals surface area contributed by atoms with Gasteiger partial charge < -0.3 is 5.32 Å². The molecule has 1 aliphatic carbocycles. The van der Waals surface area contributed by atoms with Gasteiger partial charge in [-0.2, -0.15) is 0 Å². The van der Waals surface area contributed by atoms with E-state index in [-0.39, 0.29) is 5.69 Å². The minimum atomic E-state index is 0.0503. The summed E-state index contributed by atoms with van der Waals surface area (Å²) >= 11 is 0. The second-order valence-electron chi connectivity index (χ2n) is 8.35. The summed E-state index contributed by atoms with van der Waals surface area (Å²) in [6.07, 6.45) is 8.07. The smallest absolute Gasteiger partial charge is 0.313 e.